The quantitative estimate of drug-likeness (QED) is 0.487. The summed E-state index contributed by atoms with van der Waals surface area (Å²) < 4.78 is 11.5. The summed E-state index contributed by atoms with van der Waals surface area (Å²) in [5.74, 6) is 1.32. The first-order valence-corrected chi connectivity index (χ1v) is 9.62. The van der Waals surface area contributed by atoms with Crippen LogP contribution in [0.4, 0.5) is 5.69 Å². The Labute approximate surface area is 174 Å². The number of hydrogen-bond donors (Lipinski definition) is 1. The van der Waals surface area contributed by atoms with E-state index < -0.39 is 6.10 Å². The summed E-state index contributed by atoms with van der Waals surface area (Å²) >= 11 is 0. The number of benzene rings is 3. The summed E-state index contributed by atoms with van der Waals surface area (Å²) in [6.07, 6.45) is -0.629. The number of rotatable bonds is 6. The Morgan fingerprint density at radius 2 is 1.57 bits per heavy atom. The van der Waals surface area contributed by atoms with Crippen LogP contribution in [0.3, 0.4) is 0 Å². The van der Waals surface area contributed by atoms with E-state index in [0.29, 0.717) is 23.2 Å². The average molecular weight is 399 g/mol. The number of hydrogen-bond acceptors (Lipinski definition) is 5. The van der Waals surface area contributed by atoms with Gasteiger partial charge in [-0.15, -0.1) is 10.2 Å². The van der Waals surface area contributed by atoms with Crippen molar-refractivity contribution in [3.8, 4) is 28.7 Å². The molecular weight excluding hydrogens is 378 g/mol. The van der Waals surface area contributed by atoms with Crippen LogP contribution in [0.1, 0.15) is 12.5 Å². The molecule has 4 aromatic rings. The number of amides is 1. The SMILES string of the molecule is Cc1cccc(OC(C)C(=O)Nc2ccc(-c3nnc(-c4ccccc4)o3)cc2)c1. The van der Waals surface area contributed by atoms with Crippen LogP contribution in [-0.2, 0) is 4.79 Å². The second-order valence-electron chi connectivity index (χ2n) is 6.92. The lowest BCUT2D eigenvalue weighted by Crippen LogP contribution is -2.30. The highest BCUT2D eigenvalue weighted by Crippen LogP contribution is 2.25. The van der Waals surface area contributed by atoms with E-state index in [0.717, 1.165) is 16.7 Å². The van der Waals surface area contributed by atoms with Gasteiger partial charge >= 0.3 is 0 Å². The summed E-state index contributed by atoms with van der Waals surface area (Å²) in [6, 6.07) is 24.4. The Bertz CT molecular complexity index is 1140. The van der Waals surface area contributed by atoms with Gasteiger partial charge < -0.3 is 14.5 Å². The smallest absolute Gasteiger partial charge is 0.265 e. The van der Waals surface area contributed by atoms with Gasteiger partial charge in [-0.1, -0.05) is 30.3 Å². The highest BCUT2D eigenvalue weighted by molar-refractivity contribution is 5.94. The number of nitrogens with zero attached hydrogens (tertiary/aromatic N) is 2. The van der Waals surface area contributed by atoms with Crippen molar-refractivity contribution in [2.24, 2.45) is 0 Å². The van der Waals surface area contributed by atoms with Gasteiger partial charge in [0.15, 0.2) is 6.10 Å². The van der Waals surface area contributed by atoms with Crippen molar-refractivity contribution < 1.29 is 13.9 Å². The van der Waals surface area contributed by atoms with Gasteiger partial charge in [0.05, 0.1) is 0 Å². The van der Waals surface area contributed by atoms with Crippen molar-refractivity contribution in [3.63, 3.8) is 0 Å². The minimum absolute atomic E-state index is 0.228. The third-order valence-electron chi connectivity index (χ3n) is 4.52. The minimum Gasteiger partial charge on any atom is -0.481 e. The number of ether oxygens (including phenoxy) is 1. The Kier molecular flexibility index (Phi) is 5.57. The summed E-state index contributed by atoms with van der Waals surface area (Å²) in [7, 11) is 0. The highest BCUT2D eigenvalue weighted by Gasteiger charge is 2.15. The summed E-state index contributed by atoms with van der Waals surface area (Å²) in [5.41, 5.74) is 3.37. The third kappa shape index (κ3) is 4.55. The predicted molar refractivity (Wildman–Crippen MR) is 115 cm³/mol. The van der Waals surface area contributed by atoms with Gasteiger partial charge in [0, 0.05) is 16.8 Å². The second kappa shape index (κ2) is 8.61. The van der Waals surface area contributed by atoms with E-state index in [-0.39, 0.29) is 5.91 Å². The van der Waals surface area contributed by atoms with Crippen molar-refractivity contribution in [3.05, 3.63) is 84.4 Å². The molecule has 0 aliphatic rings. The largest absolute Gasteiger partial charge is 0.481 e. The van der Waals surface area contributed by atoms with Gasteiger partial charge in [0.25, 0.3) is 5.91 Å². The molecule has 1 N–H and O–H groups in total. The molecule has 0 saturated heterocycles. The Balaban J connectivity index is 1.40. The predicted octanol–water partition coefficient (Wildman–Crippen LogP) is 5.12. The van der Waals surface area contributed by atoms with E-state index in [1.807, 2.05) is 73.7 Å². The van der Waals surface area contributed by atoms with Crippen LogP contribution in [-0.4, -0.2) is 22.2 Å². The lowest BCUT2D eigenvalue weighted by molar-refractivity contribution is -0.122. The van der Waals surface area contributed by atoms with Crippen molar-refractivity contribution in [1.82, 2.24) is 10.2 Å². The molecule has 1 amide bonds. The topological polar surface area (TPSA) is 77.2 Å². The highest BCUT2D eigenvalue weighted by atomic mass is 16.5. The van der Waals surface area contributed by atoms with Crippen LogP contribution >= 0.6 is 0 Å². The van der Waals surface area contributed by atoms with Gasteiger partial charge in [0.1, 0.15) is 5.75 Å². The zero-order valence-corrected chi connectivity index (χ0v) is 16.7. The van der Waals surface area contributed by atoms with E-state index in [2.05, 4.69) is 15.5 Å². The van der Waals surface area contributed by atoms with E-state index in [4.69, 9.17) is 9.15 Å². The molecule has 0 aliphatic carbocycles. The van der Waals surface area contributed by atoms with Gasteiger partial charge in [-0.3, -0.25) is 4.79 Å². The van der Waals surface area contributed by atoms with Crippen LogP contribution in [0.2, 0.25) is 0 Å². The molecule has 0 aliphatic heterocycles. The van der Waals surface area contributed by atoms with Crippen LogP contribution in [0, 0.1) is 6.92 Å². The summed E-state index contributed by atoms with van der Waals surface area (Å²) in [6.45, 7) is 3.70. The summed E-state index contributed by atoms with van der Waals surface area (Å²) in [4.78, 5) is 12.4. The molecule has 3 aromatic carbocycles. The normalized spacial score (nSPS) is 11.7. The number of aromatic nitrogens is 2. The van der Waals surface area contributed by atoms with Gasteiger partial charge in [-0.05, 0) is 67.9 Å². The van der Waals surface area contributed by atoms with Gasteiger partial charge in [0.2, 0.25) is 11.8 Å². The number of anilines is 1. The molecule has 1 unspecified atom stereocenters. The second-order valence-corrected chi connectivity index (χ2v) is 6.92. The molecular formula is C24H21N3O3. The fourth-order valence-corrected chi connectivity index (χ4v) is 2.92. The molecule has 0 spiro atoms. The van der Waals surface area contributed by atoms with Crippen LogP contribution in [0.15, 0.2) is 83.3 Å². The molecule has 0 saturated carbocycles. The van der Waals surface area contributed by atoms with Gasteiger partial charge in [-0.25, -0.2) is 0 Å². The summed E-state index contributed by atoms with van der Waals surface area (Å²) in [5, 5.41) is 11.1. The fraction of sp³-hybridized carbons (Fsp3) is 0.125. The van der Waals surface area contributed by atoms with Crippen molar-refractivity contribution in [2.45, 2.75) is 20.0 Å². The molecule has 0 bridgehead atoms. The Morgan fingerprint density at radius 3 is 2.23 bits per heavy atom. The van der Waals surface area contributed by atoms with E-state index in [9.17, 15) is 4.79 Å². The maximum atomic E-state index is 12.4. The molecule has 1 heterocycles. The first kappa shape index (κ1) is 19.4. The van der Waals surface area contributed by atoms with Crippen LogP contribution in [0.5, 0.6) is 5.75 Å². The third-order valence-corrected chi connectivity index (χ3v) is 4.52. The van der Waals surface area contributed by atoms with Crippen molar-refractivity contribution in [1.29, 1.82) is 0 Å². The molecule has 0 radical (unpaired) electrons. The van der Waals surface area contributed by atoms with Gasteiger partial charge in [-0.2, -0.15) is 0 Å². The minimum atomic E-state index is -0.629. The number of nitrogens with one attached hydrogen (secondary N) is 1. The number of carbonyl (C=O) groups excluding carboxylic acids is 1. The maximum absolute atomic E-state index is 12.4. The lowest BCUT2D eigenvalue weighted by atomic mass is 10.2. The molecule has 1 aromatic heterocycles. The van der Waals surface area contributed by atoms with Crippen molar-refractivity contribution in [2.75, 3.05) is 5.32 Å². The lowest BCUT2D eigenvalue weighted by Gasteiger charge is -2.15. The van der Waals surface area contributed by atoms with E-state index >= 15 is 0 Å². The van der Waals surface area contributed by atoms with Crippen LogP contribution in [0.25, 0.3) is 22.9 Å². The molecule has 1 atom stereocenters. The first-order valence-electron chi connectivity index (χ1n) is 9.62. The zero-order valence-electron chi connectivity index (χ0n) is 16.7. The molecule has 0 fully saturated rings. The molecule has 6 nitrogen and oxygen atoms in total. The molecule has 4 rings (SSSR count). The van der Waals surface area contributed by atoms with Crippen LogP contribution < -0.4 is 10.1 Å². The zero-order chi connectivity index (χ0) is 20.9. The maximum Gasteiger partial charge on any atom is 0.265 e. The fourth-order valence-electron chi connectivity index (χ4n) is 2.92. The van der Waals surface area contributed by atoms with E-state index in [1.54, 1.807) is 19.1 Å². The number of aryl methyl sites for hydroxylation is 1. The van der Waals surface area contributed by atoms with Crippen molar-refractivity contribution >= 4 is 11.6 Å². The van der Waals surface area contributed by atoms with E-state index in [1.165, 1.54) is 0 Å². The standard InChI is InChI=1S/C24H21N3O3/c1-16-7-6-10-21(15-16)29-17(2)22(28)25-20-13-11-19(12-14-20)24-27-26-23(30-24)18-8-4-3-5-9-18/h3-15,17H,1-2H3,(H,25,28). The average Bonchev–Trinajstić information content (AvgIpc) is 3.25. The monoisotopic (exact) mass is 399 g/mol. The molecule has 150 valence electrons. The molecule has 30 heavy (non-hydrogen) atoms. The number of carbonyl (C=O) groups is 1. The Morgan fingerprint density at radius 1 is 0.900 bits per heavy atom. The Hall–Kier alpha value is -3.93. The molecule has 6 heteroatoms. The first-order chi connectivity index (χ1) is 14.6.